The number of carbonyl (C=O) groups excluding carboxylic acids is 2. The van der Waals surface area contributed by atoms with E-state index in [9.17, 15) is 19.8 Å². The lowest BCUT2D eigenvalue weighted by atomic mass is 9.45. The van der Waals surface area contributed by atoms with Crippen LogP contribution in [-0.2, 0) is 14.3 Å². The first-order valence-corrected chi connectivity index (χ1v) is 12.6. The van der Waals surface area contributed by atoms with Crippen molar-refractivity contribution in [3.63, 3.8) is 0 Å². The van der Waals surface area contributed by atoms with Gasteiger partial charge in [-0.15, -0.1) is 0 Å². The van der Waals surface area contributed by atoms with Crippen LogP contribution in [0.1, 0.15) is 91.2 Å². The highest BCUT2D eigenvalue weighted by Crippen LogP contribution is 2.63. The number of methoxy groups -OCH3 is 1. The summed E-state index contributed by atoms with van der Waals surface area (Å²) < 4.78 is 4.89. The van der Waals surface area contributed by atoms with Crippen LogP contribution in [0.4, 0.5) is 0 Å². The predicted molar refractivity (Wildman–Crippen MR) is 132 cm³/mol. The lowest BCUT2D eigenvalue weighted by Gasteiger charge is -2.61. The van der Waals surface area contributed by atoms with Crippen LogP contribution >= 0.6 is 0 Å². The first-order chi connectivity index (χ1) is 15.7. The summed E-state index contributed by atoms with van der Waals surface area (Å²) in [6.45, 7) is 10.4. The topological polar surface area (TPSA) is 95.9 Å². The summed E-state index contributed by atoms with van der Waals surface area (Å²) in [6, 6.07) is 7.87. The minimum Gasteiger partial charge on any atom is -0.467 e. The van der Waals surface area contributed by atoms with Crippen molar-refractivity contribution in [1.82, 2.24) is 5.32 Å². The lowest BCUT2D eigenvalue weighted by Crippen LogP contribution is -2.58. The average Bonchev–Trinajstić information content (AvgIpc) is 2.75. The van der Waals surface area contributed by atoms with Crippen molar-refractivity contribution in [3.8, 4) is 0 Å². The molecule has 3 rings (SSSR count). The van der Waals surface area contributed by atoms with Crippen molar-refractivity contribution in [2.75, 3.05) is 7.11 Å². The lowest BCUT2D eigenvalue weighted by molar-refractivity contribution is -0.174. The zero-order valence-corrected chi connectivity index (χ0v) is 21.7. The van der Waals surface area contributed by atoms with Crippen LogP contribution in [0.2, 0.25) is 0 Å². The third kappa shape index (κ3) is 5.18. The van der Waals surface area contributed by atoms with Gasteiger partial charge in [0.15, 0.2) is 6.04 Å². The van der Waals surface area contributed by atoms with Gasteiger partial charge >= 0.3 is 5.97 Å². The number of esters is 1. The number of hydrogen-bond acceptors (Lipinski definition) is 5. The number of nitrogens with one attached hydrogen (secondary N) is 1. The van der Waals surface area contributed by atoms with Crippen molar-refractivity contribution in [2.45, 2.75) is 96.8 Å². The maximum atomic E-state index is 13.1. The number of amides is 1. The van der Waals surface area contributed by atoms with E-state index in [1.807, 2.05) is 13.0 Å². The monoisotopic (exact) mass is 473 g/mol. The summed E-state index contributed by atoms with van der Waals surface area (Å²) in [5, 5.41) is 25.3. The summed E-state index contributed by atoms with van der Waals surface area (Å²) in [5.74, 6) is -0.735. The number of carbonyl (C=O) groups is 2. The van der Waals surface area contributed by atoms with E-state index in [2.05, 4.69) is 26.1 Å². The number of fused-ring (bicyclic) bond motifs is 1. The van der Waals surface area contributed by atoms with Crippen LogP contribution in [0, 0.1) is 22.7 Å². The molecular weight excluding hydrogens is 430 g/mol. The van der Waals surface area contributed by atoms with Gasteiger partial charge in [-0.3, -0.25) is 4.79 Å². The number of rotatable bonds is 7. The summed E-state index contributed by atoms with van der Waals surface area (Å²) in [4.78, 5) is 25.5. The number of ether oxygens (including phenoxy) is 1. The number of benzene rings is 1. The molecule has 34 heavy (non-hydrogen) atoms. The molecule has 190 valence electrons. The molecule has 1 aromatic rings. The summed E-state index contributed by atoms with van der Waals surface area (Å²) >= 11 is 0. The SMILES string of the molecule is COC(=O)[C@H](NC(=O)[C@](C)(O)CC[C@@H]1[C@@]2(C)CCCC(C)(C)[C@@H]2CC[C@@]1(C)O)c1ccccc1. The first kappa shape index (κ1) is 26.7. The fraction of sp³-hybridized carbons (Fsp3) is 0.714. The van der Waals surface area contributed by atoms with E-state index in [1.165, 1.54) is 20.5 Å². The highest BCUT2D eigenvalue weighted by molar-refractivity contribution is 5.89. The number of hydrogen-bond donors (Lipinski definition) is 3. The molecule has 0 spiro atoms. The molecule has 0 unspecified atom stereocenters. The van der Waals surface area contributed by atoms with Gasteiger partial charge in [-0.05, 0) is 80.6 Å². The number of aliphatic hydroxyl groups is 2. The molecule has 6 atom stereocenters. The maximum Gasteiger partial charge on any atom is 0.333 e. The van der Waals surface area contributed by atoms with E-state index in [-0.39, 0.29) is 23.2 Å². The van der Waals surface area contributed by atoms with Crippen LogP contribution < -0.4 is 5.32 Å². The van der Waals surface area contributed by atoms with Crippen LogP contribution in [0.5, 0.6) is 0 Å². The van der Waals surface area contributed by atoms with E-state index >= 15 is 0 Å². The van der Waals surface area contributed by atoms with Gasteiger partial charge in [-0.25, -0.2) is 4.79 Å². The Kier molecular flexibility index (Phi) is 7.55. The Morgan fingerprint density at radius 2 is 1.79 bits per heavy atom. The Morgan fingerprint density at radius 1 is 1.15 bits per heavy atom. The van der Waals surface area contributed by atoms with Crippen LogP contribution in [-0.4, -0.2) is 40.4 Å². The molecule has 1 aromatic carbocycles. The fourth-order valence-electron chi connectivity index (χ4n) is 7.13. The van der Waals surface area contributed by atoms with Crippen LogP contribution in [0.25, 0.3) is 0 Å². The van der Waals surface area contributed by atoms with Gasteiger partial charge in [-0.1, -0.05) is 57.5 Å². The fourth-order valence-corrected chi connectivity index (χ4v) is 7.13. The summed E-state index contributed by atoms with van der Waals surface area (Å²) in [5.41, 5.74) is -1.78. The highest BCUT2D eigenvalue weighted by atomic mass is 16.5. The van der Waals surface area contributed by atoms with E-state index in [0.29, 0.717) is 17.9 Å². The molecule has 0 aliphatic heterocycles. The normalized spacial score (nSPS) is 33.2. The van der Waals surface area contributed by atoms with Gasteiger partial charge in [0, 0.05) is 0 Å². The van der Waals surface area contributed by atoms with Gasteiger partial charge in [0.25, 0.3) is 5.91 Å². The van der Waals surface area contributed by atoms with Gasteiger partial charge in [0.1, 0.15) is 5.60 Å². The summed E-state index contributed by atoms with van der Waals surface area (Å²) in [7, 11) is 1.27. The molecule has 2 saturated carbocycles. The smallest absolute Gasteiger partial charge is 0.333 e. The zero-order chi connectivity index (χ0) is 25.4. The molecule has 0 heterocycles. The van der Waals surface area contributed by atoms with Gasteiger partial charge < -0.3 is 20.3 Å². The molecule has 0 bridgehead atoms. The minimum atomic E-state index is -1.69. The molecule has 0 radical (unpaired) electrons. The van der Waals surface area contributed by atoms with Crippen molar-refractivity contribution < 1.29 is 24.5 Å². The molecule has 6 nitrogen and oxygen atoms in total. The third-order valence-corrected chi connectivity index (χ3v) is 9.02. The predicted octanol–water partition coefficient (Wildman–Crippen LogP) is 4.54. The van der Waals surface area contributed by atoms with E-state index < -0.39 is 29.1 Å². The average molecular weight is 474 g/mol. The Bertz CT molecular complexity index is 878. The molecule has 3 N–H and O–H groups in total. The Labute approximate surface area is 204 Å². The van der Waals surface area contributed by atoms with Gasteiger partial charge in [0.2, 0.25) is 0 Å². The van der Waals surface area contributed by atoms with E-state index in [1.54, 1.807) is 24.3 Å². The molecule has 2 fully saturated rings. The first-order valence-electron chi connectivity index (χ1n) is 12.6. The second-order valence-electron chi connectivity index (χ2n) is 12.0. The standard InChI is InChI=1S/C28H43NO5/c1-25(2)15-10-16-26(3)20(25)13-17-27(4,32)21(26)14-18-28(5,33)24(31)29-22(23(30)34-6)19-11-8-7-9-12-19/h7-9,11-12,20-22,32-33H,10,13-18H2,1-6H3,(H,29,31)/t20-,21+,22+,26-,27+,28+/m0/s1. The summed E-state index contributed by atoms with van der Waals surface area (Å²) in [6.07, 6.45) is 5.83. The van der Waals surface area contributed by atoms with E-state index in [4.69, 9.17) is 4.74 Å². The Morgan fingerprint density at radius 3 is 2.41 bits per heavy atom. The third-order valence-electron chi connectivity index (χ3n) is 9.02. The van der Waals surface area contributed by atoms with Crippen molar-refractivity contribution in [2.24, 2.45) is 22.7 Å². The van der Waals surface area contributed by atoms with Crippen LogP contribution in [0.3, 0.4) is 0 Å². The highest BCUT2D eigenvalue weighted by Gasteiger charge is 2.58. The second-order valence-corrected chi connectivity index (χ2v) is 12.0. The molecule has 2 aliphatic carbocycles. The molecule has 0 aromatic heterocycles. The Hall–Kier alpha value is -1.92. The van der Waals surface area contributed by atoms with Crippen LogP contribution in [0.15, 0.2) is 30.3 Å². The largest absolute Gasteiger partial charge is 0.467 e. The minimum absolute atomic E-state index is 0.0249. The zero-order valence-electron chi connectivity index (χ0n) is 21.7. The van der Waals surface area contributed by atoms with Gasteiger partial charge in [0.05, 0.1) is 12.7 Å². The van der Waals surface area contributed by atoms with Crippen molar-refractivity contribution in [3.05, 3.63) is 35.9 Å². The quantitative estimate of drug-likeness (QED) is 0.505. The van der Waals surface area contributed by atoms with E-state index in [0.717, 1.165) is 25.7 Å². The van der Waals surface area contributed by atoms with Crippen molar-refractivity contribution in [1.29, 1.82) is 0 Å². The molecule has 2 aliphatic rings. The second kappa shape index (κ2) is 9.62. The molecular formula is C28H43NO5. The van der Waals surface area contributed by atoms with Gasteiger partial charge in [-0.2, -0.15) is 0 Å². The Balaban J connectivity index is 1.77. The molecule has 0 saturated heterocycles. The maximum absolute atomic E-state index is 13.1. The molecule has 1 amide bonds. The van der Waals surface area contributed by atoms with Crippen molar-refractivity contribution >= 4 is 11.9 Å². The molecule has 6 heteroatoms.